The molecule has 0 unspecified atom stereocenters. The molecule has 0 bridgehead atoms. The van der Waals surface area contributed by atoms with E-state index in [4.69, 9.17) is 4.99 Å². The number of hydrogen-bond donors (Lipinski definition) is 0. The summed E-state index contributed by atoms with van der Waals surface area (Å²) in [4.78, 5) is 21.1. The number of benzene rings is 2. The van der Waals surface area contributed by atoms with Crippen LogP contribution in [-0.4, -0.2) is 43.7 Å². The second-order valence-corrected chi connectivity index (χ2v) is 6.31. The molecule has 0 aromatic heterocycles. The molecule has 4 nitrogen and oxygen atoms in total. The first-order chi connectivity index (χ1) is 11.6. The zero-order chi connectivity index (χ0) is 17.1. The standard InChI is InChI=1S/C20H23N3O/c1-15(24)23-14-16-8-4-5-9-17(16)20(21-12-13-22(2)3)18-10-6-7-11-19(18)23/h4-11H,12-14H2,1-3H3. The van der Waals surface area contributed by atoms with E-state index in [2.05, 4.69) is 23.1 Å². The lowest BCUT2D eigenvalue weighted by molar-refractivity contribution is -0.116. The minimum atomic E-state index is 0.0480. The number of likely N-dealkylation sites (N-methyl/N-ethyl adjacent to an activating group) is 1. The molecule has 0 saturated carbocycles. The number of nitrogens with zero attached hydrogens (tertiary/aromatic N) is 3. The molecule has 0 atom stereocenters. The summed E-state index contributed by atoms with van der Waals surface area (Å²) in [7, 11) is 4.10. The molecule has 1 amide bonds. The Morgan fingerprint density at radius 1 is 1.08 bits per heavy atom. The summed E-state index contributed by atoms with van der Waals surface area (Å²) in [6, 6.07) is 16.3. The predicted molar refractivity (Wildman–Crippen MR) is 98.8 cm³/mol. The summed E-state index contributed by atoms with van der Waals surface area (Å²) in [5.74, 6) is 0.0480. The molecule has 24 heavy (non-hydrogen) atoms. The fraction of sp³-hybridized carbons (Fsp3) is 0.300. The fourth-order valence-corrected chi connectivity index (χ4v) is 3.01. The Balaban J connectivity index is 2.17. The van der Waals surface area contributed by atoms with Crippen LogP contribution in [0.3, 0.4) is 0 Å². The van der Waals surface area contributed by atoms with Gasteiger partial charge in [0.15, 0.2) is 0 Å². The Hall–Kier alpha value is -2.46. The molecule has 0 aliphatic carbocycles. The second-order valence-electron chi connectivity index (χ2n) is 6.31. The molecule has 0 fully saturated rings. The van der Waals surface area contributed by atoms with Gasteiger partial charge in [0.25, 0.3) is 0 Å². The molecule has 3 rings (SSSR count). The van der Waals surface area contributed by atoms with Crippen LogP contribution in [-0.2, 0) is 11.3 Å². The smallest absolute Gasteiger partial charge is 0.224 e. The number of anilines is 1. The molecular weight excluding hydrogens is 298 g/mol. The van der Waals surface area contributed by atoms with Crippen LogP contribution in [0.2, 0.25) is 0 Å². The van der Waals surface area contributed by atoms with Crippen molar-refractivity contribution in [1.82, 2.24) is 4.90 Å². The quantitative estimate of drug-likeness (QED) is 0.871. The zero-order valence-corrected chi connectivity index (χ0v) is 14.5. The third kappa shape index (κ3) is 3.24. The minimum Gasteiger partial charge on any atom is -0.308 e. The summed E-state index contributed by atoms with van der Waals surface area (Å²) < 4.78 is 0. The first-order valence-electron chi connectivity index (χ1n) is 8.23. The summed E-state index contributed by atoms with van der Waals surface area (Å²) in [6.07, 6.45) is 0. The van der Waals surface area contributed by atoms with E-state index >= 15 is 0 Å². The SMILES string of the molecule is CC(=O)N1Cc2ccccc2C(=NCCN(C)C)c2ccccc21. The van der Waals surface area contributed by atoms with E-state index in [9.17, 15) is 4.79 Å². The molecule has 0 radical (unpaired) electrons. The van der Waals surface area contributed by atoms with E-state index in [-0.39, 0.29) is 5.91 Å². The van der Waals surface area contributed by atoms with Crippen LogP contribution >= 0.6 is 0 Å². The number of hydrogen-bond acceptors (Lipinski definition) is 3. The van der Waals surface area contributed by atoms with E-state index < -0.39 is 0 Å². The van der Waals surface area contributed by atoms with E-state index in [0.717, 1.165) is 41.2 Å². The van der Waals surface area contributed by atoms with Crippen LogP contribution in [0, 0.1) is 0 Å². The van der Waals surface area contributed by atoms with E-state index in [0.29, 0.717) is 6.54 Å². The largest absolute Gasteiger partial charge is 0.308 e. The molecule has 2 aromatic rings. The zero-order valence-electron chi connectivity index (χ0n) is 14.5. The molecule has 1 aliphatic heterocycles. The number of carbonyl (C=O) groups is 1. The summed E-state index contributed by atoms with van der Waals surface area (Å²) in [5.41, 5.74) is 5.19. The summed E-state index contributed by atoms with van der Waals surface area (Å²) in [5, 5.41) is 0. The Bertz CT molecular complexity index is 780. The first kappa shape index (κ1) is 16.4. The van der Waals surface area contributed by atoms with Gasteiger partial charge in [0.2, 0.25) is 5.91 Å². The molecule has 2 aromatic carbocycles. The van der Waals surface area contributed by atoms with E-state index in [1.807, 2.05) is 49.3 Å². The maximum absolute atomic E-state index is 12.2. The van der Waals surface area contributed by atoms with Gasteiger partial charge in [-0.05, 0) is 25.7 Å². The van der Waals surface area contributed by atoms with Gasteiger partial charge in [-0.15, -0.1) is 0 Å². The van der Waals surface area contributed by atoms with Gasteiger partial charge >= 0.3 is 0 Å². The number of carbonyl (C=O) groups excluding carboxylic acids is 1. The van der Waals surface area contributed by atoms with Crippen LogP contribution in [0.25, 0.3) is 0 Å². The number of aliphatic imine (C=N–C) groups is 1. The van der Waals surface area contributed by atoms with Gasteiger partial charge in [0.05, 0.1) is 24.5 Å². The molecule has 1 heterocycles. The lowest BCUT2D eigenvalue weighted by atomic mass is 9.98. The highest BCUT2D eigenvalue weighted by Gasteiger charge is 2.25. The van der Waals surface area contributed by atoms with Gasteiger partial charge in [-0.2, -0.15) is 0 Å². The van der Waals surface area contributed by atoms with Crippen LogP contribution in [0.4, 0.5) is 5.69 Å². The van der Waals surface area contributed by atoms with Gasteiger partial charge in [-0.3, -0.25) is 9.79 Å². The predicted octanol–water partition coefficient (Wildman–Crippen LogP) is 2.95. The fourth-order valence-electron chi connectivity index (χ4n) is 3.01. The molecule has 0 saturated heterocycles. The van der Waals surface area contributed by atoms with Crippen molar-refractivity contribution in [2.75, 3.05) is 32.1 Å². The third-order valence-corrected chi connectivity index (χ3v) is 4.25. The summed E-state index contributed by atoms with van der Waals surface area (Å²) >= 11 is 0. The van der Waals surface area contributed by atoms with Crippen molar-refractivity contribution in [1.29, 1.82) is 0 Å². The summed E-state index contributed by atoms with van der Waals surface area (Å²) in [6.45, 7) is 3.82. The molecule has 124 valence electrons. The number of rotatable bonds is 3. The van der Waals surface area contributed by atoms with E-state index in [1.54, 1.807) is 6.92 Å². The number of amides is 1. The van der Waals surface area contributed by atoms with Crippen molar-refractivity contribution < 1.29 is 4.79 Å². The lowest BCUT2D eigenvalue weighted by Crippen LogP contribution is -2.27. The highest BCUT2D eigenvalue weighted by atomic mass is 16.2. The molecule has 4 heteroatoms. The van der Waals surface area contributed by atoms with Gasteiger partial charge in [0, 0.05) is 24.6 Å². The third-order valence-electron chi connectivity index (χ3n) is 4.25. The first-order valence-corrected chi connectivity index (χ1v) is 8.23. The van der Waals surface area contributed by atoms with Crippen molar-refractivity contribution in [2.24, 2.45) is 4.99 Å². The second kappa shape index (κ2) is 6.97. The lowest BCUT2D eigenvalue weighted by Gasteiger charge is -2.21. The van der Waals surface area contributed by atoms with Crippen LogP contribution in [0.5, 0.6) is 0 Å². The molecule has 0 spiro atoms. The Morgan fingerprint density at radius 2 is 1.75 bits per heavy atom. The van der Waals surface area contributed by atoms with Crippen LogP contribution in [0.1, 0.15) is 23.6 Å². The Kier molecular flexibility index (Phi) is 4.76. The van der Waals surface area contributed by atoms with Gasteiger partial charge in [-0.25, -0.2) is 0 Å². The normalized spacial score (nSPS) is 15.2. The van der Waals surface area contributed by atoms with Crippen LogP contribution < -0.4 is 4.90 Å². The highest BCUT2D eigenvalue weighted by molar-refractivity contribution is 6.19. The highest BCUT2D eigenvalue weighted by Crippen LogP contribution is 2.31. The topological polar surface area (TPSA) is 35.9 Å². The number of fused-ring (bicyclic) bond motifs is 2. The van der Waals surface area contributed by atoms with Crippen LogP contribution in [0.15, 0.2) is 53.5 Å². The van der Waals surface area contributed by atoms with Crippen molar-refractivity contribution in [3.8, 4) is 0 Å². The average Bonchev–Trinajstić information content (AvgIpc) is 2.70. The molecule has 0 N–H and O–H groups in total. The minimum absolute atomic E-state index is 0.0480. The maximum Gasteiger partial charge on any atom is 0.224 e. The Morgan fingerprint density at radius 3 is 2.46 bits per heavy atom. The maximum atomic E-state index is 12.2. The number of para-hydroxylation sites is 1. The molecular formula is C20H23N3O. The van der Waals surface area contributed by atoms with Crippen molar-refractivity contribution >= 4 is 17.3 Å². The van der Waals surface area contributed by atoms with Crippen molar-refractivity contribution in [3.05, 3.63) is 65.2 Å². The molecule has 1 aliphatic rings. The van der Waals surface area contributed by atoms with Crippen molar-refractivity contribution in [3.63, 3.8) is 0 Å². The Labute approximate surface area is 143 Å². The van der Waals surface area contributed by atoms with E-state index in [1.165, 1.54) is 0 Å². The average molecular weight is 321 g/mol. The van der Waals surface area contributed by atoms with Crippen molar-refractivity contribution in [2.45, 2.75) is 13.5 Å². The monoisotopic (exact) mass is 321 g/mol. The van der Waals surface area contributed by atoms with Gasteiger partial charge < -0.3 is 9.80 Å². The van der Waals surface area contributed by atoms with Gasteiger partial charge in [0.1, 0.15) is 0 Å². The van der Waals surface area contributed by atoms with Gasteiger partial charge in [-0.1, -0.05) is 42.5 Å².